The molecule has 1 aromatic carbocycles. The van der Waals surface area contributed by atoms with Crippen molar-refractivity contribution in [2.75, 3.05) is 11.1 Å². The fourth-order valence-corrected chi connectivity index (χ4v) is 3.08. The second kappa shape index (κ2) is 8.17. The van der Waals surface area contributed by atoms with Crippen LogP contribution in [0.1, 0.15) is 12.8 Å². The summed E-state index contributed by atoms with van der Waals surface area (Å²) in [6.45, 7) is 0. The number of nitrogens with zero attached hydrogens (tertiary/aromatic N) is 4. The van der Waals surface area contributed by atoms with Crippen LogP contribution in [0.25, 0.3) is 11.6 Å². The Morgan fingerprint density at radius 3 is 2.80 bits per heavy atom. The van der Waals surface area contributed by atoms with Gasteiger partial charge in [0.25, 0.3) is 5.89 Å². The van der Waals surface area contributed by atoms with E-state index in [9.17, 15) is 4.79 Å². The van der Waals surface area contributed by atoms with E-state index >= 15 is 0 Å². The number of anilines is 1. The summed E-state index contributed by atoms with van der Waals surface area (Å²) in [7, 11) is 1.77. The maximum absolute atomic E-state index is 11.9. The van der Waals surface area contributed by atoms with Crippen LogP contribution in [-0.4, -0.2) is 31.6 Å². The van der Waals surface area contributed by atoms with E-state index in [-0.39, 0.29) is 11.9 Å². The first-order valence-electron chi connectivity index (χ1n) is 7.62. The molecule has 1 N–H and O–H groups in total. The molecule has 3 rings (SSSR count). The molecule has 2 aromatic heterocycles. The Hall–Kier alpha value is -2.32. The zero-order chi connectivity index (χ0) is 17.6. The van der Waals surface area contributed by atoms with Crippen LogP contribution in [0, 0.1) is 0 Å². The van der Waals surface area contributed by atoms with Gasteiger partial charge in [0.05, 0.1) is 0 Å². The number of aryl methyl sites for hydroxylation is 1. The first kappa shape index (κ1) is 17.5. The van der Waals surface area contributed by atoms with Crippen molar-refractivity contribution in [3.63, 3.8) is 0 Å². The molecule has 0 fully saturated rings. The molecule has 0 aliphatic rings. The van der Waals surface area contributed by atoms with E-state index in [2.05, 4.69) is 20.6 Å². The van der Waals surface area contributed by atoms with Gasteiger partial charge in [0.15, 0.2) is 0 Å². The molecule has 0 spiro atoms. The molecule has 130 valence electrons. The maximum Gasteiger partial charge on any atom is 0.322 e. The first-order chi connectivity index (χ1) is 12.1. The molecular weight excluding hydrogens is 362 g/mol. The Balaban J connectivity index is 1.43. The molecule has 0 saturated carbocycles. The van der Waals surface area contributed by atoms with Crippen molar-refractivity contribution in [1.82, 2.24) is 20.0 Å². The van der Waals surface area contributed by atoms with Gasteiger partial charge in [-0.2, -0.15) is 5.10 Å². The molecule has 0 unspecified atom stereocenters. The van der Waals surface area contributed by atoms with E-state index in [4.69, 9.17) is 16.0 Å². The SMILES string of the molecule is Cn1nccc1-c1nnc(NC(=O)CCCSc2ccc(Cl)cc2)o1. The maximum atomic E-state index is 11.9. The lowest BCUT2D eigenvalue weighted by molar-refractivity contribution is -0.116. The van der Waals surface area contributed by atoms with E-state index in [0.717, 1.165) is 17.1 Å². The molecule has 0 bridgehead atoms. The number of hydrogen-bond acceptors (Lipinski definition) is 6. The highest BCUT2D eigenvalue weighted by Crippen LogP contribution is 2.22. The number of hydrogen-bond donors (Lipinski definition) is 1. The standard InChI is InChI=1S/C16H16ClN5O2S/c1-22-13(8-9-18-22)15-20-21-16(24-15)19-14(23)3-2-10-25-12-6-4-11(17)5-7-12/h4-9H,2-3,10H2,1H3,(H,19,21,23). The van der Waals surface area contributed by atoms with Crippen molar-refractivity contribution < 1.29 is 9.21 Å². The number of carbonyl (C=O) groups excluding carboxylic acids is 1. The zero-order valence-corrected chi connectivity index (χ0v) is 15.0. The van der Waals surface area contributed by atoms with E-state index in [1.807, 2.05) is 24.3 Å². The molecule has 9 heteroatoms. The summed E-state index contributed by atoms with van der Waals surface area (Å²) in [5, 5.41) is 15.1. The molecular formula is C16H16ClN5O2S. The van der Waals surface area contributed by atoms with E-state index in [1.165, 1.54) is 0 Å². The molecule has 0 radical (unpaired) electrons. The second-order valence-corrected chi connectivity index (χ2v) is 6.81. The van der Waals surface area contributed by atoms with Gasteiger partial charge in [-0.15, -0.1) is 16.9 Å². The van der Waals surface area contributed by atoms with Crippen LogP contribution in [-0.2, 0) is 11.8 Å². The number of amides is 1. The zero-order valence-electron chi connectivity index (χ0n) is 13.5. The third-order valence-electron chi connectivity index (χ3n) is 3.34. The molecule has 3 aromatic rings. The van der Waals surface area contributed by atoms with Crippen molar-refractivity contribution in [1.29, 1.82) is 0 Å². The summed E-state index contributed by atoms with van der Waals surface area (Å²) < 4.78 is 7.05. The average Bonchev–Trinajstić information content (AvgIpc) is 3.22. The molecule has 7 nitrogen and oxygen atoms in total. The minimum atomic E-state index is -0.156. The number of carbonyl (C=O) groups is 1. The fourth-order valence-electron chi connectivity index (χ4n) is 2.10. The Bertz CT molecular complexity index is 846. The molecule has 25 heavy (non-hydrogen) atoms. The van der Waals surface area contributed by atoms with Gasteiger partial charge in [-0.3, -0.25) is 14.8 Å². The Labute approximate surface area is 153 Å². The van der Waals surface area contributed by atoms with Gasteiger partial charge in [-0.1, -0.05) is 16.7 Å². The molecule has 0 aliphatic heterocycles. The fraction of sp³-hybridized carbons (Fsp3) is 0.250. The van der Waals surface area contributed by atoms with Gasteiger partial charge >= 0.3 is 6.01 Å². The third-order valence-corrected chi connectivity index (χ3v) is 4.69. The van der Waals surface area contributed by atoms with Gasteiger partial charge in [-0.25, -0.2) is 0 Å². The van der Waals surface area contributed by atoms with Gasteiger partial charge in [0, 0.05) is 29.6 Å². The van der Waals surface area contributed by atoms with Crippen molar-refractivity contribution in [2.24, 2.45) is 7.05 Å². The Morgan fingerprint density at radius 1 is 1.28 bits per heavy atom. The molecule has 0 aliphatic carbocycles. The lowest BCUT2D eigenvalue weighted by Gasteiger charge is -2.02. The smallest absolute Gasteiger partial charge is 0.322 e. The van der Waals surface area contributed by atoms with Crippen molar-refractivity contribution in [3.05, 3.63) is 41.6 Å². The lowest BCUT2D eigenvalue weighted by atomic mass is 10.3. The highest BCUT2D eigenvalue weighted by molar-refractivity contribution is 7.99. The molecule has 0 saturated heterocycles. The van der Waals surface area contributed by atoms with E-state index < -0.39 is 0 Å². The summed E-state index contributed by atoms with van der Waals surface area (Å²) in [6, 6.07) is 9.48. The van der Waals surface area contributed by atoms with Crippen LogP contribution >= 0.6 is 23.4 Å². The van der Waals surface area contributed by atoms with Crippen LogP contribution in [0.2, 0.25) is 5.02 Å². The lowest BCUT2D eigenvalue weighted by Crippen LogP contribution is -2.11. The van der Waals surface area contributed by atoms with Crippen LogP contribution in [0.3, 0.4) is 0 Å². The van der Waals surface area contributed by atoms with Crippen LogP contribution in [0.4, 0.5) is 6.01 Å². The number of benzene rings is 1. The van der Waals surface area contributed by atoms with Gasteiger partial charge in [-0.05, 0) is 42.5 Å². The van der Waals surface area contributed by atoms with Crippen LogP contribution in [0.15, 0.2) is 45.8 Å². The highest BCUT2D eigenvalue weighted by Gasteiger charge is 2.13. The second-order valence-electron chi connectivity index (χ2n) is 5.21. The van der Waals surface area contributed by atoms with Crippen molar-refractivity contribution in [2.45, 2.75) is 17.7 Å². The predicted octanol–water partition coefficient (Wildman–Crippen LogP) is 3.63. The van der Waals surface area contributed by atoms with E-state index in [0.29, 0.717) is 23.0 Å². The summed E-state index contributed by atoms with van der Waals surface area (Å²) in [4.78, 5) is 13.1. The monoisotopic (exact) mass is 377 g/mol. The summed E-state index contributed by atoms with van der Waals surface area (Å²) in [5.74, 6) is 0.990. The van der Waals surface area contributed by atoms with Crippen molar-refractivity contribution in [3.8, 4) is 11.6 Å². The minimum absolute atomic E-state index is 0.0894. The number of aromatic nitrogens is 4. The number of nitrogens with one attached hydrogen (secondary N) is 1. The number of halogens is 1. The van der Waals surface area contributed by atoms with Crippen LogP contribution in [0.5, 0.6) is 0 Å². The topological polar surface area (TPSA) is 85.8 Å². The van der Waals surface area contributed by atoms with Crippen molar-refractivity contribution >= 4 is 35.3 Å². The predicted molar refractivity (Wildman–Crippen MR) is 96.5 cm³/mol. The highest BCUT2D eigenvalue weighted by atomic mass is 35.5. The summed E-state index contributed by atoms with van der Waals surface area (Å²) in [6.07, 6.45) is 2.75. The molecule has 0 atom stereocenters. The first-order valence-corrected chi connectivity index (χ1v) is 8.98. The van der Waals surface area contributed by atoms with E-state index in [1.54, 1.807) is 35.8 Å². The summed E-state index contributed by atoms with van der Waals surface area (Å²) in [5.41, 5.74) is 0.687. The van der Waals surface area contributed by atoms with Gasteiger partial charge in [0.2, 0.25) is 5.91 Å². The average molecular weight is 378 g/mol. The largest absolute Gasteiger partial charge is 0.401 e. The third kappa shape index (κ3) is 4.83. The number of thioether (sulfide) groups is 1. The summed E-state index contributed by atoms with van der Waals surface area (Å²) >= 11 is 7.53. The molecule has 2 heterocycles. The normalized spacial score (nSPS) is 10.8. The minimum Gasteiger partial charge on any atom is -0.401 e. The molecule has 1 amide bonds. The van der Waals surface area contributed by atoms with Crippen LogP contribution < -0.4 is 5.32 Å². The quantitative estimate of drug-likeness (QED) is 0.499. The Kier molecular flexibility index (Phi) is 5.72. The Morgan fingerprint density at radius 2 is 2.08 bits per heavy atom. The van der Waals surface area contributed by atoms with Gasteiger partial charge < -0.3 is 4.42 Å². The van der Waals surface area contributed by atoms with Gasteiger partial charge in [0.1, 0.15) is 5.69 Å². The number of rotatable bonds is 7.